The van der Waals surface area contributed by atoms with E-state index in [0.29, 0.717) is 0 Å². The van der Waals surface area contributed by atoms with Gasteiger partial charge in [0.1, 0.15) is 0 Å². The molecule has 0 atom stereocenters. The topological polar surface area (TPSA) is 38.9 Å². The molecule has 2 aliphatic rings. The second kappa shape index (κ2) is 12.4. The van der Waals surface area contributed by atoms with Crippen molar-refractivity contribution in [3.05, 3.63) is 184 Å². The summed E-state index contributed by atoms with van der Waals surface area (Å²) in [4.78, 5) is 5.32. The molecule has 0 unspecified atom stereocenters. The van der Waals surface area contributed by atoms with Crippen molar-refractivity contribution in [2.45, 2.75) is 32.6 Å². The lowest BCUT2D eigenvalue weighted by Crippen LogP contribution is -2.12. The molecule has 48 heavy (non-hydrogen) atoms. The highest BCUT2D eigenvalue weighted by Crippen LogP contribution is 2.45. The molecule has 0 amide bonds. The number of pyridine rings is 1. The Balaban J connectivity index is 1.27. The van der Waals surface area contributed by atoms with Crippen molar-refractivity contribution in [1.29, 1.82) is 0 Å². The molecule has 230 valence electrons. The Hall–Kier alpha value is -5.91. The summed E-state index contributed by atoms with van der Waals surface area (Å²) in [5.41, 5.74) is 26.4. The second-order valence-corrected chi connectivity index (χ2v) is 12.7. The molecule has 8 rings (SSSR count). The quantitative estimate of drug-likeness (QED) is 0.189. The number of benzene rings is 5. The van der Waals surface area contributed by atoms with E-state index in [4.69, 9.17) is 17.1 Å². The minimum Gasteiger partial charge on any atom is -0.398 e. The van der Waals surface area contributed by atoms with Crippen LogP contribution >= 0.6 is 0 Å². The molecule has 1 heterocycles. The van der Waals surface area contributed by atoms with E-state index in [9.17, 15) is 0 Å². The fourth-order valence-electron chi connectivity index (χ4n) is 7.59. The van der Waals surface area contributed by atoms with Crippen LogP contribution in [0, 0.1) is 19.3 Å². The van der Waals surface area contributed by atoms with E-state index >= 15 is 0 Å². The number of aryl methyl sites for hydroxylation is 1. The zero-order chi connectivity index (χ0) is 32.6. The average molecular weight is 617 g/mol. The van der Waals surface area contributed by atoms with Gasteiger partial charge >= 0.3 is 0 Å². The number of rotatable bonds is 6. The van der Waals surface area contributed by atoms with Crippen molar-refractivity contribution in [2.24, 2.45) is 5.73 Å². The standard InChI is InChI=1S/C46H36N2/c1-3-32-15-7-11-19-39(32)45-30(2)43(42-29-36-17-9-12-20-40(36)46(42)48-45)35-24-22-34(23-25-35)37(27-21-31-13-5-4-6-14-31)41-28-26-33-16-8-10-18-38(33)44(41)47/h1,4-20,22-25,27H,21,26,28-29,47H2,2H3/b37-27-. The third kappa shape index (κ3) is 5.15. The number of nitrogens with zero attached hydrogens (tertiary/aromatic N) is 1. The number of hydrogen-bond donors (Lipinski definition) is 1. The molecule has 2 N–H and O–H groups in total. The van der Waals surface area contributed by atoms with E-state index < -0.39 is 0 Å². The van der Waals surface area contributed by atoms with Crippen molar-refractivity contribution in [3.8, 4) is 46.0 Å². The molecule has 2 nitrogen and oxygen atoms in total. The first kappa shape index (κ1) is 29.5. The summed E-state index contributed by atoms with van der Waals surface area (Å²) in [6.07, 6.45) is 11.9. The average Bonchev–Trinajstić information content (AvgIpc) is 3.51. The zero-order valence-electron chi connectivity index (χ0n) is 27.1. The number of nitrogens with two attached hydrogens (primary N) is 1. The molecule has 0 fully saturated rings. The normalized spacial score (nSPS) is 13.5. The summed E-state index contributed by atoms with van der Waals surface area (Å²) in [5, 5.41) is 0. The van der Waals surface area contributed by atoms with Gasteiger partial charge in [0.25, 0.3) is 0 Å². The molecule has 0 bridgehead atoms. The lowest BCUT2D eigenvalue weighted by Gasteiger charge is -2.24. The van der Waals surface area contributed by atoms with Gasteiger partial charge in [-0.1, -0.05) is 133 Å². The molecule has 0 saturated carbocycles. The first-order valence-electron chi connectivity index (χ1n) is 16.7. The SMILES string of the molecule is C#Cc1ccccc1-c1nc2c(c(-c3ccc(/C(=C/Cc4ccccc4)C4=C(N)c5ccccc5CC4)cc3)c1C)Cc1ccccc1-2. The van der Waals surface area contributed by atoms with Gasteiger partial charge in [0, 0.05) is 34.4 Å². The van der Waals surface area contributed by atoms with E-state index in [1.54, 1.807) is 0 Å². The smallest absolute Gasteiger partial charge is 0.0757 e. The van der Waals surface area contributed by atoms with Crippen LogP contribution in [0.5, 0.6) is 0 Å². The zero-order valence-corrected chi connectivity index (χ0v) is 27.1. The van der Waals surface area contributed by atoms with Gasteiger partial charge in [0.2, 0.25) is 0 Å². The van der Waals surface area contributed by atoms with Crippen LogP contribution in [0.15, 0.2) is 139 Å². The molecule has 0 saturated heterocycles. The van der Waals surface area contributed by atoms with Crippen molar-refractivity contribution in [2.75, 3.05) is 0 Å². The van der Waals surface area contributed by atoms with Crippen LogP contribution in [0.25, 0.3) is 44.9 Å². The molecule has 5 aromatic carbocycles. The van der Waals surface area contributed by atoms with Gasteiger partial charge in [-0.2, -0.15) is 0 Å². The van der Waals surface area contributed by atoms with Gasteiger partial charge in [-0.3, -0.25) is 0 Å². The summed E-state index contributed by atoms with van der Waals surface area (Å²) in [6, 6.07) is 45.1. The van der Waals surface area contributed by atoms with E-state index in [-0.39, 0.29) is 0 Å². The van der Waals surface area contributed by atoms with E-state index in [0.717, 1.165) is 65.0 Å². The van der Waals surface area contributed by atoms with E-state index in [1.165, 1.54) is 55.7 Å². The third-order valence-corrected chi connectivity index (χ3v) is 9.99. The van der Waals surface area contributed by atoms with Crippen LogP contribution in [0.3, 0.4) is 0 Å². The minimum absolute atomic E-state index is 0.837. The van der Waals surface area contributed by atoms with Gasteiger partial charge in [0.15, 0.2) is 0 Å². The van der Waals surface area contributed by atoms with Gasteiger partial charge < -0.3 is 5.73 Å². The Bertz CT molecular complexity index is 2300. The Kier molecular flexibility index (Phi) is 7.59. The summed E-state index contributed by atoms with van der Waals surface area (Å²) < 4.78 is 0. The van der Waals surface area contributed by atoms with Crippen molar-refractivity contribution in [1.82, 2.24) is 4.98 Å². The lowest BCUT2D eigenvalue weighted by atomic mass is 9.83. The number of fused-ring (bicyclic) bond motifs is 4. The molecule has 6 aromatic rings. The first-order chi connectivity index (χ1) is 23.6. The third-order valence-electron chi connectivity index (χ3n) is 9.99. The van der Waals surface area contributed by atoms with Crippen molar-refractivity contribution < 1.29 is 0 Å². The van der Waals surface area contributed by atoms with Crippen LogP contribution in [0.4, 0.5) is 0 Å². The Labute approximate surface area is 283 Å². The highest BCUT2D eigenvalue weighted by Gasteiger charge is 2.27. The first-order valence-corrected chi connectivity index (χ1v) is 16.7. The van der Waals surface area contributed by atoms with Crippen LogP contribution in [-0.4, -0.2) is 4.98 Å². The molecule has 2 heteroatoms. The summed E-state index contributed by atoms with van der Waals surface area (Å²) in [5.74, 6) is 2.89. The van der Waals surface area contributed by atoms with Gasteiger partial charge in [0.05, 0.1) is 11.4 Å². The molecule has 0 radical (unpaired) electrons. The predicted octanol–water partition coefficient (Wildman–Crippen LogP) is 10.2. The molecule has 2 aliphatic carbocycles. The van der Waals surface area contributed by atoms with Crippen LogP contribution in [-0.2, 0) is 19.3 Å². The van der Waals surface area contributed by atoms with Crippen LogP contribution < -0.4 is 5.73 Å². The summed E-state index contributed by atoms with van der Waals surface area (Å²) >= 11 is 0. The summed E-state index contributed by atoms with van der Waals surface area (Å²) in [6.45, 7) is 2.19. The second-order valence-electron chi connectivity index (χ2n) is 12.7. The van der Waals surface area contributed by atoms with E-state index in [2.05, 4.69) is 128 Å². The maximum atomic E-state index is 6.96. The van der Waals surface area contributed by atoms with Crippen molar-refractivity contribution in [3.63, 3.8) is 0 Å². The maximum Gasteiger partial charge on any atom is 0.0757 e. The molecule has 1 aromatic heterocycles. The summed E-state index contributed by atoms with van der Waals surface area (Å²) in [7, 11) is 0. The van der Waals surface area contributed by atoms with Crippen LogP contribution in [0.1, 0.15) is 50.9 Å². The van der Waals surface area contributed by atoms with Gasteiger partial charge in [-0.05, 0) is 87.9 Å². The Morgan fingerprint density at radius 3 is 2.17 bits per heavy atom. The van der Waals surface area contributed by atoms with Crippen LogP contribution in [0.2, 0.25) is 0 Å². The van der Waals surface area contributed by atoms with Gasteiger partial charge in [-0.15, -0.1) is 6.42 Å². The fraction of sp³-hybridized carbons (Fsp3) is 0.109. The maximum absolute atomic E-state index is 6.96. The van der Waals surface area contributed by atoms with Crippen molar-refractivity contribution >= 4 is 11.3 Å². The van der Waals surface area contributed by atoms with E-state index in [1.807, 2.05) is 18.2 Å². The highest BCUT2D eigenvalue weighted by molar-refractivity contribution is 5.92. The largest absolute Gasteiger partial charge is 0.398 e. The minimum atomic E-state index is 0.837. The predicted molar refractivity (Wildman–Crippen MR) is 200 cm³/mol. The highest BCUT2D eigenvalue weighted by atomic mass is 14.7. The monoisotopic (exact) mass is 616 g/mol. The molecule has 0 aliphatic heterocycles. The fourth-order valence-corrected chi connectivity index (χ4v) is 7.59. The number of terminal acetylenes is 1. The molecular formula is C46H36N2. The molecular weight excluding hydrogens is 581 g/mol. The number of hydrogen-bond acceptors (Lipinski definition) is 2. The Morgan fingerprint density at radius 2 is 1.40 bits per heavy atom. The number of aromatic nitrogens is 1. The Morgan fingerprint density at radius 1 is 0.729 bits per heavy atom. The molecule has 0 spiro atoms. The van der Waals surface area contributed by atoms with Gasteiger partial charge in [-0.25, -0.2) is 4.98 Å². The number of allylic oxidation sites excluding steroid dienone is 3. The lowest BCUT2D eigenvalue weighted by molar-refractivity contribution is 0.939.